The number of halogens is 8. The summed E-state index contributed by atoms with van der Waals surface area (Å²) in [5.41, 5.74) is -1.59. The Hall–Kier alpha value is -2.38. The molecule has 0 saturated heterocycles. The number of dihydropyridines is 1. The van der Waals surface area contributed by atoms with Crippen molar-refractivity contribution in [2.45, 2.75) is 36.1 Å². The number of hydrogen-bond donors (Lipinski definition) is 1. The Morgan fingerprint density at radius 2 is 1.77 bits per heavy atom. The van der Waals surface area contributed by atoms with Gasteiger partial charge in [-0.1, -0.05) is 13.0 Å². The van der Waals surface area contributed by atoms with Crippen LogP contribution in [0.5, 0.6) is 0 Å². The zero-order chi connectivity index (χ0) is 23.0. The summed E-state index contributed by atoms with van der Waals surface area (Å²) in [4.78, 5) is 2.88. The van der Waals surface area contributed by atoms with Crippen LogP contribution in [0.1, 0.15) is 24.2 Å². The van der Waals surface area contributed by atoms with Gasteiger partial charge < -0.3 is 10.1 Å². The normalized spacial score (nSPS) is 18.0. The number of rotatable bonds is 6. The van der Waals surface area contributed by atoms with Gasteiger partial charge in [-0.2, -0.15) is 35.1 Å². The molecule has 0 amide bonds. The Morgan fingerprint density at radius 1 is 1.13 bits per heavy atom. The Labute approximate surface area is 165 Å². The molecule has 0 fully saturated rings. The first-order valence-corrected chi connectivity index (χ1v) is 9.75. The first-order valence-electron chi connectivity index (χ1n) is 8.10. The lowest BCUT2D eigenvalue weighted by Crippen LogP contribution is -2.40. The van der Waals surface area contributed by atoms with E-state index in [1.165, 1.54) is 6.92 Å². The second-order valence-electron chi connectivity index (χ2n) is 6.05. The summed E-state index contributed by atoms with van der Waals surface area (Å²) in [6.07, 6.45) is -7.28. The molecule has 168 valence electrons. The molecule has 1 aromatic heterocycles. The summed E-state index contributed by atoms with van der Waals surface area (Å²) in [7, 11) is -4.13. The monoisotopic (exact) mass is 466 g/mol. The number of nitrogens with zero attached hydrogens (tertiary/aromatic N) is 1. The van der Waals surface area contributed by atoms with Crippen molar-refractivity contribution in [3.63, 3.8) is 0 Å². The van der Waals surface area contributed by atoms with E-state index < -0.39 is 62.7 Å². The maximum atomic E-state index is 12.9. The molecule has 0 aliphatic carbocycles. The number of sulfone groups is 1. The minimum atomic E-state index is -5.81. The molecule has 30 heavy (non-hydrogen) atoms. The van der Waals surface area contributed by atoms with Gasteiger partial charge in [0.25, 0.3) is 0 Å². The molecule has 0 aromatic carbocycles. The summed E-state index contributed by atoms with van der Waals surface area (Å²) in [6.45, 7) is -0.775. The van der Waals surface area contributed by atoms with Gasteiger partial charge in [0.15, 0.2) is 16.4 Å². The fourth-order valence-electron chi connectivity index (χ4n) is 2.23. The molecular weight excluding hydrogens is 452 g/mol. The Bertz CT molecular complexity index is 952. The Morgan fingerprint density at radius 3 is 2.23 bits per heavy atom. The Balaban J connectivity index is 2.26. The van der Waals surface area contributed by atoms with Gasteiger partial charge in [-0.3, -0.25) is 4.98 Å². The van der Waals surface area contributed by atoms with Crippen LogP contribution >= 0.6 is 0 Å². The SMILES string of the molecule is CCS(=O)(=O)c1cc(C(F)(F)F)cnc1C1C=CC(OCC(F)(F)C(F)(F)F)=CN1. The third-order valence-corrected chi connectivity index (χ3v) is 5.67. The van der Waals surface area contributed by atoms with Crippen LogP contribution in [-0.4, -0.2) is 37.9 Å². The highest BCUT2D eigenvalue weighted by molar-refractivity contribution is 7.91. The zero-order valence-electron chi connectivity index (χ0n) is 15.0. The average molecular weight is 466 g/mol. The molecule has 0 saturated carbocycles. The van der Waals surface area contributed by atoms with Crippen LogP contribution in [0.15, 0.2) is 41.3 Å². The van der Waals surface area contributed by atoms with Crippen molar-refractivity contribution in [2.24, 2.45) is 0 Å². The molecule has 2 heterocycles. The molecule has 5 nitrogen and oxygen atoms in total. The van der Waals surface area contributed by atoms with Crippen LogP contribution in [0.2, 0.25) is 0 Å². The molecule has 1 aliphatic heterocycles. The van der Waals surface area contributed by atoms with Crippen molar-refractivity contribution >= 4 is 9.84 Å². The minimum Gasteiger partial charge on any atom is -0.485 e. The van der Waals surface area contributed by atoms with Crippen molar-refractivity contribution in [3.8, 4) is 0 Å². The highest BCUT2D eigenvalue weighted by Crippen LogP contribution is 2.36. The van der Waals surface area contributed by atoms with Gasteiger partial charge in [-0.05, 0) is 12.1 Å². The number of allylic oxidation sites excluding steroid dienone is 1. The molecule has 14 heteroatoms. The van der Waals surface area contributed by atoms with E-state index in [0.29, 0.717) is 12.3 Å². The molecule has 0 bridgehead atoms. The third kappa shape index (κ3) is 5.21. The van der Waals surface area contributed by atoms with E-state index in [1.54, 1.807) is 0 Å². The van der Waals surface area contributed by atoms with Crippen molar-refractivity contribution < 1.29 is 48.3 Å². The molecule has 0 spiro atoms. The largest absolute Gasteiger partial charge is 0.485 e. The number of pyridine rings is 1. The number of aromatic nitrogens is 1. The summed E-state index contributed by atoms with van der Waals surface area (Å²) in [6, 6.07) is -0.671. The molecule has 1 N–H and O–H groups in total. The second-order valence-corrected chi connectivity index (χ2v) is 8.30. The van der Waals surface area contributed by atoms with Gasteiger partial charge in [-0.15, -0.1) is 0 Å². The van der Waals surface area contributed by atoms with Crippen molar-refractivity contribution in [1.29, 1.82) is 0 Å². The summed E-state index contributed by atoms with van der Waals surface area (Å²) in [5, 5.41) is 2.45. The number of alkyl halides is 8. The predicted octanol–water partition coefficient (Wildman–Crippen LogP) is 4.15. The van der Waals surface area contributed by atoms with Gasteiger partial charge in [0.05, 0.1) is 27.9 Å². The lowest BCUT2D eigenvalue weighted by atomic mass is 10.1. The fourth-order valence-corrected chi connectivity index (χ4v) is 3.35. The molecule has 1 unspecified atom stereocenters. The summed E-state index contributed by atoms with van der Waals surface area (Å²) in [5.74, 6) is -6.05. The van der Waals surface area contributed by atoms with Crippen molar-refractivity contribution in [2.75, 3.05) is 12.4 Å². The van der Waals surface area contributed by atoms with Crippen LogP contribution < -0.4 is 5.32 Å². The van der Waals surface area contributed by atoms with Gasteiger partial charge in [0.1, 0.15) is 5.76 Å². The van der Waals surface area contributed by atoms with E-state index in [4.69, 9.17) is 0 Å². The van der Waals surface area contributed by atoms with Crippen LogP contribution in [0.3, 0.4) is 0 Å². The van der Waals surface area contributed by atoms with E-state index in [0.717, 1.165) is 18.4 Å². The van der Waals surface area contributed by atoms with E-state index in [1.807, 2.05) is 0 Å². The molecular formula is C16H14F8N2O3S. The first-order chi connectivity index (χ1) is 13.6. The van der Waals surface area contributed by atoms with E-state index in [-0.39, 0.29) is 5.69 Å². The average Bonchev–Trinajstić information content (AvgIpc) is 2.65. The van der Waals surface area contributed by atoms with Gasteiger partial charge in [0, 0.05) is 12.4 Å². The molecule has 1 aliphatic rings. The lowest BCUT2D eigenvalue weighted by molar-refractivity contribution is -0.293. The third-order valence-electron chi connectivity index (χ3n) is 3.91. The van der Waals surface area contributed by atoms with Crippen molar-refractivity contribution in [1.82, 2.24) is 10.3 Å². The zero-order valence-corrected chi connectivity index (χ0v) is 15.8. The van der Waals surface area contributed by atoms with E-state index >= 15 is 0 Å². The lowest BCUT2D eigenvalue weighted by Gasteiger charge is -2.23. The highest BCUT2D eigenvalue weighted by Gasteiger charge is 2.58. The predicted molar refractivity (Wildman–Crippen MR) is 87.0 cm³/mol. The summed E-state index contributed by atoms with van der Waals surface area (Å²) >= 11 is 0. The molecule has 1 atom stereocenters. The highest BCUT2D eigenvalue weighted by atomic mass is 32.2. The standard InChI is InChI=1S/C16H14F8N2O3S/c1-2-30(27,28)12-5-9(15(19,20)21)6-26-13(12)11-4-3-10(7-25-11)29-8-14(17,18)16(22,23)24/h3-7,11,25H,2,8H2,1H3. The van der Waals surface area contributed by atoms with E-state index in [9.17, 15) is 43.5 Å². The molecule has 1 aromatic rings. The molecule has 2 rings (SSSR count). The van der Waals surface area contributed by atoms with Crippen LogP contribution in [-0.2, 0) is 20.8 Å². The van der Waals surface area contributed by atoms with Crippen LogP contribution in [0.4, 0.5) is 35.1 Å². The van der Waals surface area contributed by atoms with Crippen LogP contribution in [0.25, 0.3) is 0 Å². The molecule has 0 radical (unpaired) electrons. The van der Waals surface area contributed by atoms with Gasteiger partial charge in [-0.25, -0.2) is 8.42 Å². The summed E-state index contributed by atoms with van der Waals surface area (Å²) < 4.78 is 130. The van der Waals surface area contributed by atoms with Crippen molar-refractivity contribution in [3.05, 3.63) is 47.6 Å². The topological polar surface area (TPSA) is 68.3 Å². The number of hydrogen-bond acceptors (Lipinski definition) is 5. The maximum absolute atomic E-state index is 12.9. The van der Waals surface area contributed by atoms with Crippen LogP contribution in [0, 0.1) is 0 Å². The van der Waals surface area contributed by atoms with Gasteiger partial charge >= 0.3 is 18.3 Å². The van der Waals surface area contributed by atoms with E-state index in [2.05, 4.69) is 15.0 Å². The second kappa shape index (κ2) is 8.04. The smallest absolute Gasteiger partial charge is 0.456 e. The maximum Gasteiger partial charge on any atom is 0.456 e. The first kappa shape index (κ1) is 23.9. The quantitative estimate of drug-likeness (QED) is 0.639. The van der Waals surface area contributed by atoms with Gasteiger partial charge in [0.2, 0.25) is 0 Å². The Kier molecular flexibility index (Phi) is 6.40. The fraction of sp³-hybridized carbons (Fsp3) is 0.438. The number of ether oxygens (including phenoxy) is 1. The minimum absolute atomic E-state index is 0.308. The number of nitrogens with one attached hydrogen (secondary N) is 1.